The van der Waals surface area contributed by atoms with E-state index in [-0.39, 0.29) is 51.9 Å². The average molecular weight is 512 g/mol. The number of nitrogens with one attached hydrogen (secondary N) is 1. The highest BCUT2D eigenvalue weighted by Gasteiger charge is 2.44. The second-order valence-electron chi connectivity index (χ2n) is 8.36. The summed E-state index contributed by atoms with van der Waals surface area (Å²) in [7, 11) is 1.35. The van der Waals surface area contributed by atoms with Gasteiger partial charge in [-0.2, -0.15) is 0 Å². The molecule has 1 fully saturated rings. The van der Waals surface area contributed by atoms with Gasteiger partial charge >= 0.3 is 5.97 Å². The summed E-state index contributed by atoms with van der Waals surface area (Å²) in [4.78, 5) is 34.0. The molecule has 3 heterocycles. The zero-order valence-corrected chi connectivity index (χ0v) is 19.4. The first-order valence-corrected chi connectivity index (χ1v) is 10.9. The Kier molecular flexibility index (Phi) is 6.36. The van der Waals surface area contributed by atoms with E-state index in [4.69, 9.17) is 11.6 Å². The summed E-state index contributed by atoms with van der Waals surface area (Å²) < 4.78 is 43.9. The molecule has 0 unspecified atom stereocenters. The summed E-state index contributed by atoms with van der Waals surface area (Å²) in [5.74, 6) is -5.53. The zero-order chi connectivity index (χ0) is 25.7. The van der Waals surface area contributed by atoms with Crippen molar-refractivity contribution in [3.63, 3.8) is 0 Å². The van der Waals surface area contributed by atoms with Crippen molar-refractivity contribution in [3.8, 4) is 0 Å². The van der Waals surface area contributed by atoms with Gasteiger partial charge in [-0.3, -0.25) is 9.36 Å². The van der Waals surface area contributed by atoms with Gasteiger partial charge in [-0.15, -0.1) is 0 Å². The third-order valence-electron chi connectivity index (χ3n) is 5.90. The van der Waals surface area contributed by atoms with Crippen molar-refractivity contribution in [1.82, 2.24) is 14.5 Å². The second-order valence-corrected chi connectivity index (χ2v) is 8.74. The summed E-state index contributed by atoms with van der Waals surface area (Å²) >= 11 is 5.79. The lowest BCUT2D eigenvalue weighted by atomic mass is 10.0. The molecule has 0 saturated carbocycles. The van der Waals surface area contributed by atoms with Crippen LogP contribution in [0.15, 0.2) is 29.1 Å². The number of halogens is 4. The molecule has 9 nitrogen and oxygen atoms in total. The van der Waals surface area contributed by atoms with Crippen LogP contribution < -0.4 is 15.8 Å². The number of alkyl halides is 2. The van der Waals surface area contributed by atoms with Gasteiger partial charge in [0.15, 0.2) is 5.69 Å². The Morgan fingerprint density at radius 1 is 1.31 bits per heavy atom. The lowest BCUT2D eigenvalue weighted by molar-refractivity contribution is -0.114. The fourth-order valence-electron chi connectivity index (χ4n) is 4.09. The predicted octanol–water partition coefficient (Wildman–Crippen LogP) is 3.20. The van der Waals surface area contributed by atoms with Crippen LogP contribution in [0.5, 0.6) is 0 Å². The maximum absolute atomic E-state index is 14.5. The predicted molar refractivity (Wildman–Crippen MR) is 123 cm³/mol. The molecule has 1 aliphatic rings. The van der Waals surface area contributed by atoms with E-state index in [2.05, 4.69) is 15.3 Å². The van der Waals surface area contributed by atoms with E-state index in [9.17, 15) is 33.0 Å². The summed E-state index contributed by atoms with van der Waals surface area (Å²) in [5.41, 5.74) is -0.636. The molecule has 1 aromatic carbocycles. The summed E-state index contributed by atoms with van der Waals surface area (Å²) in [6.07, 6.45) is -2.03. The lowest BCUT2D eigenvalue weighted by Gasteiger charge is -2.37. The summed E-state index contributed by atoms with van der Waals surface area (Å²) in [6.45, 7) is 0.784. The maximum Gasteiger partial charge on any atom is 0.356 e. The number of aromatic carboxylic acids is 1. The molecule has 2 atom stereocenters. The van der Waals surface area contributed by atoms with Crippen molar-refractivity contribution in [2.45, 2.75) is 31.4 Å². The molecule has 0 radical (unpaired) electrons. The molecule has 2 aromatic heterocycles. The first-order chi connectivity index (χ1) is 16.4. The van der Waals surface area contributed by atoms with E-state index >= 15 is 0 Å². The van der Waals surface area contributed by atoms with Gasteiger partial charge in [0.2, 0.25) is 5.95 Å². The molecular weight excluding hydrogens is 491 g/mol. The molecule has 35 heavy (non-hydrogen) atoms. The Balaban J connectivity index is 1.82. The normalized spacial score (nSPS) is 18.5. The van der Waals surface area contributed by atoms with Crippen LogP contribution in [0, 0.1) is 5.82 Å². The number of benzene rings is 1. The minimum absolute atomic E-state index is 0.0323. The van der Waals surface area contributed by atoms with E-state index in [1.165, 1.54) is 24.1 Å². The highest BCUT2D eigenvalue weighted by molar-refractivity contribution is 6.29. The van der Waals surface area contributed by atoms with E-state index in [0.29, 0.717) is 0 Å². The molecule has 186 valence electrons. The number of aliphatic hydroxyl groups is 1. The molecule has 3 N–H and O–H groups in total. The number of aliphatic hydroxyl groups excluding tert-OH is 1. The number of aromatic nitrogens is 3. The van der Waals surface area contributed by atoms with Gasteiger partial charge in [-0.05, 0) is 37.6 Å². The molecule has 0 spiro atoms. The third kappa shape index (κ3) is 4.63. The highest BCUT2D eigenvalue weighted by Crippen LogP contribution is 2.32. The largest absolute Gasteiger partial charge is 0.476 e. The van der Waals surface area contributed by atoms with E-state index in [1.54, 1.807) is 6.92 Å². The fraction of sp³-hybridized carbons (Fsp3) is 0.364. The van der Waals surface area contributed by atoms with Crippen molar-refractivity contribution in [1.29, 1.82) is 0 Å². The minimum Gasteiger partial charge on any atom is -0.476 e. The number of fused-ring (bicyclic) bond motifs is 1. The van der Waals surface area contributed by atoms with Gasteiger partial charge in [0, 0.05) is 19.2 Å². The van der Waals surface area contributed by atoms with Crippen LogP contribution in [0.25, 0.3) is 10.9 Å². The van der Waals surface area contributed by atoms with Crippen LogP contribution in [-0.2, 0) is 7.05 Å². The third-order valence-corrected chi connectivity index (χ3v) is 6.11. The van der Waals surface area contributed by atoms with E-state index in [0.717, 1.165) is 16.7 Å². The monoisotopic (exact) mass is 511 g/mol. The molecule has 0 aliphatic carbocycles. The first kappa shape index (κ1) is 24.7. The average Bonchev–Trinajstić information content (AvgIpc) is 2.79. The van der Waals surface area contributed by atoms with Gasteiger partial charge in [0.1, 0.15) is 17.1 Å². The van der Waals surface area contributed by atoms with Gasteiger partial charge in [-0.25, -0.2) is 27.9 Å². The molecule has 0 amide bonds. The lowest BCUT2D eigenvalue weighted by Crippen LogP contribution is -2.52. The van der Waals surface area contributed by atoms with Crippen molar-refractivity contribution in [3.05, 3.63) is 56.8 Å². The smallest absolute Gasteiger partial charge is 0.356 e. The molecule has 1 saturated heterocycles. The van der Waals surface area contributed by atoms with Crippen LogP contribution in [0.4, 0.5) is 24.8 Å². The quantitative estimate of drug-likeness (QED) is 0.447. The Hall–Kier alpha value is -3.38. The molecule has 0 bridgehead atoms. The number of hydrogen-bond donors (Lipinski definition) is 3. The van der Waals surface area contributed by atoms with Gasteiger partial charge in [-0.1, -0.05) is 11.6 Å². The van der Waals surface area contributed by atoms with Crippen LogP contribution in [0.2, 0.25) is 5.15 Å². The van der Waals surface area contributed by atoms with Crippen molar-refractivity contribution in [2.75, 3.05) is 23.3 Å². The summed E-state index contributed by atoms with van der Waals surface area (Å²) in [5, 5.41) is 21.8. The fourth-order valence-corrected chi connectivity index (χ4v) is 4.24. The number of carbonyl (C=O) groups is 1. The highest BCUT2D eigenvalue weighted by atomic mass is 35.5. The number of carboxylic acids is 1. The van der Waals surface area contributed by atoms with E-state index in [1.807, 2.05) is 0 Å². The van der Waals surface area contributed by atoms with Crippen LogP contribution in [0.1, 0.15) is 35.4 Å². The number of pyridine rings is 1. The topological polar surface area (TPSA) is 121 Å². The Morgan fingerprint density at radius 2 is 2.03 bits per heavy atom. The van der Waals surface area contributed by atoms with Gasteiger partial charge in [0.05, 0.1) is 29.2 Å². The number of piperidine rings is 1. The zero-order valence-electron chi connectivity index (χ0n) is 18.6. The van der Waals surface area contributed by atoms with Crippen LogP contribution >= 0.6 is 11.6 Å². The summed E-state index contributed by atoms with van der Waals surface area (Å²) in [6, 6.07) is 4.14. The molecule has 1 aliphatic heterocycles. The van der Waals surface area contributed by atoms with Crippen molar-refractivity contribution in [2.24, 2.45) is 7.05 Å². The number of anilines is 2. The van der Waals surface area contributed by atoms with Crippen LogP contribution in [0.3, 0.4) is 0 Å². The van der Waals surface area contributed by atoms with Crippen LogP contribution in [-0.4, -0.2) is 55.8 Å². The number of hydrogen-bond acceptors (Lipinski definition) is 7. The van der Waals surface area contributed by atoms with Crippen molar-refractivity contribution < 1.29 is 28.2 Å². The number of carboxylic acid groups (broad SMARTS) is 1. The Labute approximate surface area is 201 Å². The second kappa shape index (κ2) is 9.00. The van der Waals surface area contributed by atoms with E-state index < -0.39 is 42.0 Å². The maximum atomic E-state index is 14.5. The van der Waals surface area contributed by atoms with Gasteiger partial charge < -0.3 is 20.4 Å². The molecule has 3 aromatic rings. The molecule has 13 heteroatoms. The van der Waals surface area contributed by atoms with Crippen molar-refractivity contribution >= 4 is 40.1 Å². The SMILES string of the molecule is C[C@@H](Nc1ccc(Cl)nc1C(=O)O)c1cc(F)cc2c(=O)n(C)c(N3CC[C@@H](O)C(F)(F)C3)nc12. The Morgan fingerprint density at radius 3 is 2.69 bits per heavy atom. The molecular formula is C22H21ClF3N5O4. The standard InChI is InChI=1S/C22H21ClF3N5O4/c1-10(27-14-3-4-16(23)28-18(14)20(34)35)12-7-11(24)8-13-17(12)29-21(30(2)19(13)33)31-6-5-15(32)22(25,26)9-31/h3-4,7-8,10,15,27,32H,5-6,9H2,1-2H3,(H,34,35)/t10-,15-/m1/s1. The Bertz CT molecular complexity index is 1380. The first-order valence-electron chi connectivity index (χ1n) is 10.6. The van der Waals surface area contributed by atoms with Gasteiger partial charge in [0.25, 0.3) is 11.5 Å². The minimum atomic E-state index is -3.40. The number of nitrogens with zero attached hydrogens (tertiary/aromatic N) is 4. The number of rotatable bonds is 5. The molecule has 4 rings (SSSR count).